The van der Waals surface area contributed by atoms with Crippen LogP contribution in [0.1, 0.15) is 16.8 Å². The Morgan fingerprint density at radius 2 is 2.00 bits per heavy atom. The number of aromatic nitrogens is 1. The molecule has 2 N–H and O–H groups in total. The van der Waals surface area contributed by atoms with Gasteiger partial charge in [0.15, 0.2) is 0 Å². The topological polar surface area (TPSA) is 54.1 Å². The fourth-order valence-corrected chi connectivity index (χ4v) is 3.09. The van der Waals surface area contributed by atoms with Gasteiger partial charge in [-0.05, 0) is 49.7 Å². The number of rotatable bonds is 4. The lowest BCUT2D eigenvalue weighted by Gasteiger charge is -2.08. The predicted molar refractivity (Wildman–Crippen MR) is 98.1 cm³/mol. The molecule has 0 aliphatic carbocycles. The molecule has 0 spiro atoms. The fourth-order valence-electron chi connectivity index (χ4n) is 2.83. The first-order valence-corrected chi connectivity index (χ1v) is 8.07. The number of fused-ring (bicyclic) bond motifs is 1. The van der Waals surface area contributed by atoms with Crippen LogP contribution >= 0.6 is 11.6 Å². The van der Waals surface area contributed by atoms with Crippen molar-refractivity contribution >= 4 is 34.1 Å². The minimum absolute atomic E-state index is 0.0817. The molecule has 0 saturated carbocycles. The van der Waals surface area contributed by atoms with Crippen LogP contribution < -0.4 is 10.1 Å². The number of nitrogens with one attached hydrogen (secondary N) is 2. The number of aromatic amines is 1. The average molecular weight is 343 g/mol. The van der Waals surface area contributed by atoms with Crippen LogP contribution in [-0.2, 0) is 11.2 Å². The van der Waals surface area contributed by atoms with E-state index in [0.29, 0.717) is 22.9 Å². The molecule has 3 aromatic rings. The van der Waals surface area contributed by atoms with Crippen LogP contribution in [0.3, 0.4) is 0 Å². The molecule has 0 radical (unpaired) electrons. The lowest BCUT2D eigenvalue weighted by atomic mass is 10.1. The minimum atomic E-state index is -0.0817. The summed E-state index contributed by atoms with van der Waals surface area (Å²) in [5.74, 6) is 0.499. The highest BCUT2D eigenvalue weighted by atomic mass is 35.5. The zero-order valence-corrected chi connectivity index (χ0v) is 14.6. The van der Waals surface area contributed by atoms with Crippen molar-refractivity contribution in [3.63, 3.8) is 0 Å². The number of benzene rings is 2. The van der Waals surface area contributed by atoms with E-state index in [1.165, 1.54) is 5.56 Å². The Balaban J connectivity index is 1.81. The molecule has 0 fully saturated rings. The first-order chi connectivity index (χ1) is 11.5. The lowest BCUT2D eigenvalue weighted by molar-refractivity contribution is -0.115. The number of hydrogen-bond donors (Lipinski definition) is 2. The van der Waals surface area contributed by atoms with Crippen LogP contribution in [0.2, 0.25) is 5.02 Å². The molecule has 1 heterocycles. The third kappa shape index (κ3) is 3.24. The molecule has 2 aromatic carbocycles. The minimum Gasteiger partial charge on any atom is -0.495 e. The zero-order chi connectivity index (χ0) is 17.3. The van der Waals surface area contributed by atoms with Crippen LogP contribution in [0.5, 0.6) is 5.75 Å². The van der Waals surface area contributed by atoms with Gasteiger partial charge in [0.2, 0.25) is 5.91 Å². The average Bonchev–Trinajstić information content (AvgIpc) is 2.83. The largest absolute Gasteiger partial charge is 0.495 e. The molecule has 3 rings (SSSR count). The first kappa shape index (κ1) is 16.4. The van der Waals surface area contributed by atoms with E-state index in [9.17, 15) is 4.79 Å². The van der Waals surface area contributed by atoms with E-state index < -0.39 is 0 Å². The molecule has 0 aliphatic heterocycles. The Bertz CT molecular complexity index is 915. The van der Waals surface area contributed by atoms with Crippen LogP contribution in [0.25, 0.3) is 10.9 Å². The van der Waals surface area contributed by atoms with Gasteiger partial charge in [-0.3, -0.25) is 4.79 Å². The zero-order valence-electron chi connectivity index (χ0n) is 13.9. The third-order valence-electron chi connectivity index (χ3n) is 4.05. The Morgan fingerprint density at radius 3 is 2.71 bits per heavy atom. The normalized spacial score (nSPS) is 10.8. The summed E-state index contributed by atoms with van der Waals surface area (Å²) in [5, 5.41) is 4.45. The summed E-state index contributed by atoms with van der Waals surface area (Å²) in [6.45, 7) is 4.03. The van der Waals surface area contributed by atoms with Gasteiger partial charge in [0.1, 0.15) is 5.75 Å². The predicted octanol–water partition coefficient (Wildman–Crippen LogP) is 4.63. The Morgan fingerprint density at radius 1 is 1.21 bits per heavy atom. The molecular weight excluding hydrogens is 324 g/mol. The van der Waals surface area contributed by atoms with Gasteiger partial charge in [-0.25, -0.2) is 0 Å². The summed E-state index contributed by atoms with van der Waals surface area (Å²) in [6.07, 6.45) is 0.304. The molecule has 24 heavy (non-hydrogen) atoms. The SMILES string of the molecule is COc1ccc(NC(=O)Cc2c(C)[nH]c3ccc(C)cc23)cc1Cl. The smallest absolute Gasteiger partial charge is 0.228 e. The number of methoxy groups -OCH3 is 1. The maximum atomic E-state index is 12.4. The van der Waals surface area contributed by atoms with Crippen molar-refractivity contribution in [1.29, 1.82) is 0 Å². The number of halogens is 1. The van der Waals surface area contributed by atoms with Gasteiger partial charge in [-0.1, -0.05) is 23.2 Å². The summed E-state index contributed by atoms with van der Waals surface area (Å²) in [6, 6.07) is 11.4. The number of ether oxygens (including phenoxy) is 1. The summed E-state index contributed by atoms with van der Waals surface area (Å²) < 4.78 is 5.12. The Labute approximate surface area is 145 Å². The standard InChI is InChI=1S/C19H19ClN2O2/c1-11-4-6-17-15(8-11)14(12(2)21-17)10-19(23)22-13-5-7-18(24-3)16(20)9-13/h4-9,21H,10H2,1-3H3,(H,22,23). The summed E-state index contributed by atoms with van der Waals surface area (Å²) in [5.41, 5.74) is 4.90. The van der Waals surface area contributed by atoms with E-state index >= 15 is 0 Å². The summed E-state index contributed by atoms with van der Waals surface area (Å²) in [7, 11) is 1.56. The van der Waals surface area contributed by atoms with Crippen LogP contribution in [-0.4, -0.2) is 18.0 Å². The second-order valence-electron chi connectivity index (χ2n) is 5.85. The second kappa shape index (κ2) is 6.57. The quantitative estimate of drug-likeness (QED) is 0.726. The van der Waals surface area contributed by atoms with Gasteiger partial charge in [-0.15, -0.1) is 0 Å². The number of anilines is 1. The van der Waals surface area contributed by atoms with E-state index in [1.54, 1.807) is 25.3 Å². The summed E-state index contributed by atoms with van der Waals surface area (Å²) >= 11 is 6.10. The number of amides is 1. The molecule has 4 nitrogen and oxygen atoms in total. The van der Waals surface area contributed by atoms with E-state index in [4.69, 9.17) is 16.3 Å². The number of H-pyrrole nitrogens is 1. The van der Waals surface area contributed by atoms with Crippen molar-refractivity contribution in [2.45, 2.75) is 20.3 Å². The summed E-state index contributed by atoms with van der Waals surface area (Å²) in [4.78, 5) is 15.8. The Hall–Kier alpha value is -2.46. The molecule has 0 unspecified atom stereocenters. The molecule has 1 aromatic heterocycles. The van der Waals surface area contributed by atoms with Crippen molar-refractivity contribution in [1.82, 2.24) is 4.98 Å². The van der Waals surface area contributed by atoms with Gasteiger partial charge < -0.3 is 15.0 Å². The first-order valence-electron chi connectivity index (χ1n) is 7.69. The molecule has 124 valence electrons. The second-order valence-corrected chi connectivity index (χ2v) is 6.26. The maximum absolute atomic E-state index is 12.4. The molecule has 0 atom stereocenters. The van der Waals surface area contributed by atoms with Crippen LogP contribution in [0.15, 0.2) is 36.4 Å². The lowest BCUT2D eigenvalue weighted by Crippen LogP contribution is -2.14. The number of hydrogen-bond acceptors (Lipinski definition) is 2. The van der Waals surface area contributed by atoms with Gasteiger partial charge in [0.25, 0.3) is 0 Å². The van der Waals surface area contributed by atoms with Crippen molar-refractivity contribution in [3.05, 3.63) is 58.2 Å². The molecule has 0 aliphatic rings. The van der Waals surface area contributed by atoms with Crippen LogP contribution in [0, 0.1) is 13.8 Å². The van der Waals surface area contributed by atoms with Crippen molar-refractivity contribution in [2.75, 3.05) is 12.4 Å². The molecule has 1 amide bonds. The van der Waals surface area contributed by atoms with E-state index in [1.807, 2.05) is 19.9 Å². The highest BCUT2D eigenvalue weighted by Crippen LogP contribution is 2.28. The molecule has 0 saturated heterocycles. The van der Waals surface area contributed by atoms with Gasteiger partial charge in [-0.2, -0.15) is 0 Å². The van der Waals surface area contributed by atoms with Crippen molar-refractivity contribution < 1.29 is 9.53 Å². The highest BCUT2D eigenvalue weighted by Gasteiger charge is 2.13. The fraction of sp³-hybridized carbons (Fsp3) is 0.211. The molecular formula is C19H19ClN2O2. The molecule has 5 heteroatoms. The van der Waals surface area contributed by atoms with Gasteiger partial charge in [0, 0.05) is 22.3 Å². The third-order valence-corrected chi connectivity index (χ3v) is 4.34. The number of carbonyl (C=O) groups is 1. The van der Waals surface area contributed by atoms with E-state index in [2.05, 4.69) is 22.4 Å². The van der Waals surface area contributed by atoms with Crippen molar-refractivity contribution in [2.24, 2.45) is 0 Å². The van der Waals surface area contributed by atoms with Gasteiger partial charge >= 0.3 is 0 Å². The monoisotopic (exact) mass is 342 g/mol. The maximum Gasteiger partial charge on any atom is 0.228 e. The molecule has 0 bridgehead atoms. The van der Waals surface area contributed by atoms with Crippen LogP contribution in [0.4, 0.5) is 5.69 Å². The number of aryl methyl sites for hydroxylation is 2. The number of carbonyl (C=O) groups excluding carboxylic acids is 1. The van der Waals surface area contributed by atoms with E-state index in [0.717, 1.165) is 22.2 Å². The highest BCUT2D eigenvalue weighted by molar-refractivity contribution is 6.32. The van der Waals surface area contributed by atoms with Gasteiger partial charge in [0.05, 0.1) is 18.6 Å². The van der Waals surface area contributed by atoms with Crippen molar-refractivity contribution in [3.8, 4) is 5.75 Å². The Kier molecular flexibility index (Phi) is 4.49. The van der Waals surface area contributed by atoms with E-state index in [-0.39, 0.29) is 5.91 Å².